The van der Waals surface area contributed by atoms with Gasteiger partial charge in [0, 0.05) is 4.88 Å². The fourth-order valence-corrected chi connectivity index (χ4v) is 6.66. The van der Waals surface area contributed by atoms with Gasteiger partial charge in [-0.2, -0.15) is 0 Å². The number of thiophene rings is 1. The normalized spacial score (nSPS) is 14.1. The zero-order valence-corrected chi connectivity index (χ0v) is 32.3. The average molecular weight is 645 g/mol. The van der Waals surface area contributed by atoms with Crippen molar-refractivity contribution in [3.05, 3.63) is 69.4 Å². The first-order chi connectivity index (χ1) is 19.8. The Hall–Kier alpha value is -1.49. The van der Waals surface area contributed by atoms with Crippen molar-refractivity contribution in [2.75, 3.05) is 0 Å². The number of rotatable bonds is 15. The summed E-state index contributed by atoms with van der Waals surface area (Å²) in [5.74, 6) is 0.854. The largest absolute Gasteiger partial charge is 0.488 e. The second-order valence-electron chi connectivity index (χ2n) is 14.8. The van der Waals surface area contributed by atoms with E-state index in [1.165, 1.54) is 21.6 Å². The number of aliphatic hydroxyl groups is 1. The minimum Gasteiger partial charge on any atom is -0.488 e. The number of ether oxygens (including phenoxy) is 1. The van der Waals surface area contributed by atoms with Gasteiger partial charge < -0.3 is 18.7 Å². The van der Waals surface area contributed by atoms with Crippen LogP contribution in [0.1, 0.15) is 103 Å². The molecule has 1 aromatic heterocycles. The summed E-state index contributed by atoms with van der Waals surface area (Å²) in [5, 5.41) is 13.1. The molecule has 0 aliphatic rings. The molecule has 0 saturated heterocycles. The Bertz CT molecular complexity index is 1220. The monoisotopic (exact) mass is 644 g/mol. The van der Waals surface area contributed by atoms with Crippen LogP contribution in [-0.4, -0.2) is 27.3 Å². The average Bonchev–Trinajstić information content (AvgIpc) is 3.40. The summed E-state index contributed by atoms with van der Waals surface area (Å²) >= 11 is 1.72. The molecule has 242 valence electrons. The predicted molar refractivity (Wildman–Crippen MR) is 192 cm³/mol. The van der Waals surface area contributed by atoms with Gasteiger partial charge in [-0.1, -0.05) is 86.6 Å². The van der Waals surface area contributed by atoms with Crippen LogP contribution in [0.3, 0.4) is 0 Å². The first-order valence-corrected chi connectivity index (χ1v) is 22.7. The molecule has 2 rings (SSSR count). The quantitative estimate of drug-likeness (QED) is 0.155. The van der Waals surface area contributed by atoms with Crippen LogP contribution < -0.4 is 4.74 Å². The van der Waals surface area contributed by atoms with Gasteiger partial charge >= 0.3 is 0 Å². The summed E-state index contributed by atoms with van der Waals surface area (Å²) < 4.78 is 19.6. The number of benzene rings is 1. The van der Waals surface area contributed by atoms with E-state index in [1.807, 2.05) is 26.0 Å². The van der Waals surface area contributed by atoms with Gasteiger partial charge in [0.1, 0.15) is 12.4 Å². The van der Waals surface area contributed by atoms with E-state index in [0.29, 0.717) is 32.7 Å². The molecule has 0 bridgehead atoms. The van der Waals surface area contributed by atoms with E-state index in [4.69, 9.17) is 13.6 Å². The molecule has 0 unspecified atom stereocenters. The van der Waals surface area contributed by atoms with Crippen molar-refractivity contribution >= 4 is 33.5 Å². The highest BCUT2D eigenvalue weighted by molar-refractivity contribution is 7.10. The maximum absolute atomic E-state index is 10.6. The van der Waals surface area contributed by atoms with Gasteiger partial charge in [0.2, 0.25) is 0 Å². The number of hydrogen-bond acceptors (Lipinski definition) is 5. The molecule has 0 atom stereocenters. The van der Waals surface area contributed by atoms with E-state index < -0.39 is 22.2 Å². The van der Waals surface area contributed by atoms with Crippen LogP contribution in [0.25, 0.3) is 5.57 Å². The van der Waals surface area contributed by atoms with Gasteiger partial charge in [-0.15, -0.1) is 11.3 Å². The second kappa shape index (κ2) is 15.2. The molecule has 0 saturated carbocycles. The molecular formula is C36H60O4SSi2. The molecule has 0 radical (unpaired) electrons. The number of allylic oxidation sites excluding steroid dienone is 3. The summed E-state index contributed by atoms with van der Waals surface area (Å²) in [6, 6.07) is 8.60. The molecule has 1 aromatic carbocycles. The van der Waals surface area contributed by atoms with Gasteiger partial charge in [-0.3, -0.25) is 0 Å². The van der Waals surface area contributed by atoms with Crippen LogP contribution in [0.2, 0.25) is 36.3 Å². The Balaban J connectivity index is 2.23. The molecule has 0 aliphatic heterocycles. The molecule has 1 N–H and O–H groups in total. The molecule has 0 amide bonds. The molecule has 2 aromatic rings. The van der Waals surface area contributed by atoms with Crippen LogP contribution in [0, 0.1) is 0 Å². The lowest BCUT2D eigenvalue weighted by Crippen LogP contribution is -2.41. The van der Waals surface area contributed by atoms with Crippen LogP contribution in [0.5, 0.6) is 5.75 Å². The van der Waals surface area contributed by atoms with Crippen LogP contribution in [0.4, 0.5) is 0 Å². The molecule has 1 heterocycles. The van der Waals surface area contributed by atoms with Crippen molar-refractivity contribution in [1.82, 2.24) is 0 Å². The first-order valence-electron chi connectivity index (χ1n) is 16.0. The lowest BCUT2D eigenvalue weighted by atomic mass is 9.96. The maximum Gasteiger partial charge on any atom is 0.192 e. The molecule has 4 nitrogen and oxygen atoms in total. The zero-order chi connectivity index (χ0) is 32.7. The Kier molecular flexibility index (Phi) is 13.3. The lowest BCUT2D eigenvalue weighted by molar-refractivity contribution is 0.0828. The highest BCUT2D eigenvalue weighted by atomic mass is 32.1. The lowest BCUT2D eigenvalue weighted by Gasteiger charge is -2.37. The third kappa shape index (κ3) is 10.8. The smallest absolute Gasteiger partial charge is 0.192 e. The minimum absolute atomic E-state index is 0.143. The van der Waals surface area contributed by atoms with Gasteiger partial charge in [0.25, 0.3) is 0 Å². The Labute approximate surface area is 269 Å². The highest BCUT2D eigenvalue weighted by Gasteiger charge is 2.38. The summed E-state index contributed by atoms with van der Waals surface area (Å²) in [6.07, 6.45) is 8.40. The van der Waals surface area contributed by atoms with E-state index in [9.17, 15) is 5.11 Å². The first kappa shape index (κ1) is 37.7. The minimum atomic E-state index is -1.92. The van der Waals surface area contributed by atoms with E-state index in [-0.39, 0.29) is 10.1 Å². The van der Waals surface area contributed by atoms with Crippen molar-refractivity contribution in [2.45, 2.75) is 143 Å². The van der Waals surface area contributed by atoms with Gasteiger partial charge in [-0.25, -0.2) is 0 Å². The second-order valence-corrected chi connectivity index (χ2v) is 25.4. The van der Waals surface area contributed by atoms with Crippen LogP contribution in [0.15, 0.2) is 47.9 Å². The third-order valence-corrected chi connectivity index (χ3v) is 19.5. The summed E-state index contributed by atoms with van der Waals surface area (Å²) in [4.78, 5) is 1.18. The molecule has 0 aliphatic carbocycles. The zero-order valence-electron chi connectivity index (χ0n) is 29.4. The Morgan fingerprint density at radius 3 is 1.88 bits per heavy atom. The van der Waals surface area contributed by atoms with Crippen molar-refractivity contribution in [3.63, 3.8) is 0 Å². The molecule has 7 heteroatoms. The van der Waals surface area contributed by atoms with Crippen molar-refractivity contribution < 1.29 is 18.7 Å². The van der Waals surface area contributed by atoms with Gasteiger partial charge in [0.05, 0.1) is 18.8 Å². The maximum atomic E-state index is 10.6. The van der Waals surface area contributed by atoms with Gasteiger partial charge in [0.15, 0.2) is 16.6 Å². The highest BCUT2D eigenvalue weighted by Crippen LogP contribution is 2.39. The standard InChI is InChI=1S/C36H60O4SSi2/c1-14-28(18-17-21-36(37,15-2)16-3)31-23-33(41-27-31)26-38-32-20-19-29(24-39-42(10,11)34(4,5)6)30(22-32)25-40-43(12,13)35(7,8)9/h17-23,27,37H,14-16,24-26H2,1-13H3/b21-17+,28-18+. The molecule has 0 spiro atoms. The Morgan fingerprint density at radius 1 is 0.814 bits per heavy atom. The molecular weight excluding hydrogens is 585 g/mol. The summed E-state index contributed by atoms with van der Waals surface area (Å²) in [5.41, 5.74) is 4.07. The molecule has 0 fully saturated rings. The van der Waals surface area contributed by atoms with E-state index in [2.05, 4.69) is 110 Å². The van der Waals surface area contributed by atoms with Crippen molar-refractivity contribution in [1.29, 1.82) is 0 Å². The predicted octanol–water partition coefficient (Wildman–Crippen LogP) is 11.3. The summed E-state index contributed by atoms with van der Waals surface area (Å²) in [7, 11) is -3.81. The van der Waals surface area contributed by atoms with E-state index in [0.717, 1.165) is 17.7 Å². The summed E-state index contributed by atoms with van der Waals surface area (Å²) in [6.45, 7) is 30.8. The third-order valence-electron chi connectivity index (χ3n) is 9.68. The van der Waals surface area contributed by atoms with Crippen molar-refractivity contribution in [2.24, 2.45) is 0 Å². The van der Waals surface area contributed by atoms with E-state index >= 15 is 0 Å². The SMILES string of the molecule is CC/C(=C\C=C\C(O)(CC)CC)c1csc(COc2ccc(CO[Si](C)(C)C(C)(C)C)c(CO[Si](C)(C)C(C)(C)C)c2)c1. The fourth-order valence-electron chi connectivity index (χ4n) is 3.94. The van der Waals surface area contributed by atoms with Crippen LogP contribution >= 0.6 is 11.3 Å². The van der Waals surface area contributed by atoms with Crippen LogP contribution in [-0.2, 0) is 28.7 Å². The number of hydrogen-bond donors (Lipinski definition) is 1. The van der Waals surface area contributed by atoms with E-state index in [1.54, 1.807) is 11.3 Å². The van der Waals surface area contributed by atoms with Crippen molar-refractivity contribution in [3.8, 4) is 5.75 Å². The van der Waals surface area contributed by atoms with Gasteiger partial charge in [-0.05, 0) is 101 Å². The molecule has 43 heavy (non-hydrogen) atoms. The Morgan fingerprint density at radius 2 is 1.37 bits per heavy atom. The fraction of sp³-hybridized carbons (Fsp3) is 0.611. The topological polar surface area (TPSA) is 47.9 Å².